The summed E-state index contributed by atoms with van der Waals surface area (Å²) in [6.45, 7) is 2.70. The third-order valence-corrected chi connectivity index (χ3v) is 3.43. The normalized spacial score (nSPS) is 12.4. The number of nitro benzene ring substituents is 1. The minimum atomic E-state index is -0.461. The van der Waals surface area contributed by atoms with Crippen LogP contribution in [-0.4, -0.2) is 23.0 Å². The van der Waals surface area contributed by atoms with Gasteiger partial charge in [0.25, 0.3) is 5.69 Å². The first-order valence-electron chi connectivity index (χ1n) is 5.19. The Balaban J connectivity index is 2.66. The zero-order valence-corrected chi connectivity index (χ0v) is 11.3. The molecule has 1 rings (SSSR count). The van der Waals surface area contributed by atoms with Gasteiger partial charge in [-0.1, -0.05) is 17.7 Å². The molecule has 0 saturated carbocycles. The second-order valence-corrected chi connectivity index (χ2v) is 5.10. The largest absolute Gasteiger partial charge is 0.309 e. The van der Waals surface area contributed by atoms with E-state index in [-0.39, 0.29) is 10.7 Å². The molecule has 0 amide bonds. The lowest BCUT2D eigenvalue weighted by Gasteiger charge is -2.12. The van der Waals surface area contributed by atoms with E-state index in [1.54, 1.807) is 23.9 Å². The molecule has 1 unspecified atom stereocenters. The third kappa shape index (κ3) is 4.53. The summed E-state index contributed by atoms with van der Waals surface area (Å²) in [5, 5.41) is 14.2. The number of halogens is 1. The van der Waals surface area contributed by atoms with Gasteiger partial charge >= 0.3 is 0 Å². The number of hydrogen-bond acceptors (Lipinski definition) is 4. The maximum atomic E-state index is 10.7. The number of nitrogens with one attached hydrogen (secondary N) is 1. The first-order chi connectivity index (χ1) is 8.04. The molecule has 1 aromatic rings. The second-order valence-electron chi connectivity index (χ2n) is 3.78. The molecule has 1 atom stereocenters. The van der Waals surface area contributed by atoms with Crippen LogP contribution in [0.25, 0.3) is 0 Å². The Morgan fingerprint density at radius 3 is 2.88 bits per heavy atom. The Kier molecular flexibility index (Phi) is 5.74. The molecule has 0 bridgehead atoms. The van der Waals surface area contributed by atoms with Crippen molar-refractivity contribution < 1.29 is 4.92 Å². The van der Waals surface area contributed by atoms with Crippen molar-refractivity contribution in [1.82, 2.24) is 5.32 Å². The average molecular weight is 275 g/mol. The smallest absolute Gasteiger partial charge is 0.288 e. The molecule has 94 valence electrons. The van der Waals surface area contributed by atoms with Crippen LogP contribution in [0.1, 0.15) is 12.5 Å². The monoisotopic (exact) mass is 274 g/mol. The molecule has 4 nitrogen and oxygen atoms in total. The summed E-state index contributed by atoms with van der Waals surface area (Å²) in [6, 6.07) is 5.25. The van der Waals surface area contributed by atoms with E-state index >= 15 is 0 Å². The number of thioether (sulfide) groups is 1. The molecule has 1 N–H and O–H groups in total. The first-order valence-corrected chi connectivity index (χ1v) is 6.97. The van der Waals surface area contributed by atoms with Crippen LogP contribution in [0.2, 0.25) is 5.02 Å². The van der Waals surface area contributed by atoms with Gasteiger partial charge in [0.15, 0.2) is 0 Å². The van der Waals surface area contributed by atoms with E-state index < -0.39 is 4.92 Å². The van der Waals surface area contributed by atoms with Gasteiger partial charge in [0.2, 0.25) is 0 Å². The maximum Gasteiger partial charge on any atom is 0.288 e. The van der Waals surface area contributed by atoms with Crippen LogP contribution in [0.4, 0.5) is 5.69 Å². The predicted molar refractivity (Wildman–Crippen MR) is 72.8 cm³/mol. The zero-order chi connectivity index (χ0) is 12.8. The molecule has 0 fully saturated rings. The summed E-state index contributed by atoms with van der Waals surface area (Å²) in [4.78, 5) is 10.3. The number of nitrogens with zero attached hydrogens (tertiary/aromatic N) is 1. The molecule has 0 aliphatic rings. The molecule has 0 spiro atoms. The Labute approximate surface area is 110 Å². The van der Waals surface area contributed by atoms with E-state index in [0.29, 0.717) is 12.6 Å². The Bertz CT molecular complexity index is 401. The van der Waals surface area contributed by atoms with Crippen LogP contribution in [0.5, 0.6) is 0 Å². The molecule has 6 heteroatoms. The fourth-order valence-corrected chi connectivity index (χ4v) is 2.21. The highest BCUT2D eigenvalue weighted by molar-refractivity contribution is 7.98. The summed E-state index contributed by atoms with van der Waals surface area (Å²) >= 11 is 7.50. The number of benzene rings is 1. The number of hydrogen-bond donors (Lipinski definition) is 1. The molecule has 0 saturated heterocycles. The lowest BCUT2D eigenvalue weighted by Crippen LogP contribution is -2.27. The third-order valence-electron chi connectivity index (χ3n) is 2.28. The molecule has 17 heavy (non-hydrogen) atoms. The lowest BCUT2D eigenvalue weighted by atomic mass is 10.2. The average Bonchev–Trinajstić information content (AvgIpc) is 2.28. The van der Waals surface area contributed by atoms with Crippen LogP contribution >= 0.6 is 23.4 Å². The van der Waals surface area contributed by atoms with Crippen LogP contribution in [0.15, 0.2) is 18.2 Å². The van der Waals surface area contributed by atoms with Gasteiger partial charge in [-0.2, -0.15) is 11.8 Å². The van der Waals surface area contributed by atoms with Gasteiger partial charge in [-0.25, -0.2) is 0 Å². The first kappa shape index (κ1) is 14.3. The summed E-state index contributed by atoms with van der Waals surface area (Å²) in [5.74, 6) is 1.01. The van der Waals surface area contributed by atoms with Crippen molar-refractivity contribution in [2.45, 2.75) is 19.5 Å². The molecule has 1 aromatic carbocycles. The summed E-state index contributed by atoms with van der Waals surface area (Å²) < 4.78 is 0. The molecular weight excluding hydrogens is 260 g/mol. The molecule has 0 aliphatic carbocycles. The van der Waals surface area contributed by atoms with Crippen molar-refractivity contribution in [1.29, 1.82) is 0 Å². The number of rotatable bonds is 6. The molecular formula is C11H15ClN2O2S. The van der Waals surface area contributed by atoms with Crippen molar-refractivity contribution in [2.24, 2.45) is 0 Å². The summed E-state index contributed by atoms with van der Waals surface area (Å²) in [5.41, 5.74) is 0.831. The fourth-order valence-electron chi connectivity index (χ4n) is 1.41. The summed E-state index contributed by atoms with van der Waals surface area (Å²) in [6.07, 6.45) is 2.05. The van der Waals surface area contributed by atoms with Crippen LogP contribution < -0.4 is 5.32 Å². The quantitative estimate of drug-likeness (QED) is 0.640. The zero-order valence-electron chi connectivity index (χ0n) is 9.77. The molecule has 0 radical (unpaired) electrons. The molecule has 0 aliphatic heterocycles. The molecule has 0 heterocycles. The van der Waals surface area contributed by atoms with Crippen LogP contribution in [0.3, 0.4) is 0 Å². The van der Waals surface area contributed by atoms with E-state index in [1.807, 2.05) is 6.26 Å². The van der Waals surface area contributed by atoms with E-state index in [4.69, 9.17) is 11.6 Å². The van der Waals surface area contributed by atoms with Gasteiger partial charge in [0.05, 0.1) is 4.92 Å². The maximum absolute atomic E-state index is 10.7. The van der Waals surface area contributed by atoms with Gasteiger partial charge in [0, 0.05) is 24.4 Å². The van der Waals surface area contributed by atoms with Gasteiger partial charge in [-0.05, 0) is 24.8 Å². The lowest BCUT2D eigenvalue weighted by molar-refractivity contribution is -0.384. The highest BCUT2D eigenvalue weighted by Gasteiger charge is 2.12. The summed E-state index contributed by atoms with van der Waals surface area (Å²) in [7, 11) is 0. The fraction of sp³-hybridized carbons (Fsp3) is 0.455. The van der Waals surface area contributed by atoms with Crippen molar-refractivity contribution in [2.75, 3.05) is 12.0 Å². The SMILES string of the molecule is CSCC(C)NCc1ccc(Cl)c([N+](=O)[O-])c1. The van der Waals surface area contributed by atoms with Gasteiger partial charge in [-0.15, -0.1) is 0 Å². The minimum absolute atomic E-state index is 0.0384. The minimum Gasteiger partial charge on any atom is -0.309 e. The highest BCUT2D eigenvalue weighted by Crippen LogP contribution is 2.24. The highest BCUT2D eigenvalue weighted by atomic mass is 35.5. The standard InChI is InChI=1S/C11H15ClN2O2S/c1-8(7-17-2)13-6-9-3-4-10(12)11(5-9)14(15)16/h3-5,8,13H,6-7H2,1-2H3. The second kappa shape index (κ2) is 6.83. The van der Waals surface area contributed by atoms with Gasteiger partial charge < -0.3 is 5.32 Å². The van der Waals surface area contributed by atoms with Crippen molar-refractivity contribution in [3.05, 3.63) is 38.9 Å². The van der Waals surface area contributed by atoms with Crippen molar-refractivity contribution >= 4 is 29.1 Å². The Hall–Kier alpha value is -0.780. The molecule has 0 aromatic heterocycles. The predicted octanol–water partition coefficient (Wildman–Crippen LogP) is 3.09. The van der Waals surface area contributed by atoms with E-state index in [0.717, 1.165) is 11.3 Å². The van der Waals surface area contributed by atoms with Crippen LogP contribution in [-0.2, 0) is 6.54 Å². The van der Waals surface area contributed by atoms with Gasteiger partial charge in [0.1, 0.15) is 5.02 Å². The van der Waals surface area contributed by atoms with E-state index in [9.17, 15) is 10.1 Å². The van der Waals surface area contributed by atoms with Crippen LogP contribution in [0, 0.1) is 10.1 Å². The van der Waals surface area contributed by atoms with E-state index in [1.165, 1.54) is 6.07 Å². The topological polar surface area (TPSA) is 55.2 Å². The van der Waals surface area contributed by atoms with Gasteiger partial charge in [-0.3, -0.25) is 10.1 Å². The van der Waals surface area contributed by atoms with E-state index in [2.05, 4.69) is 12.2 Å². The number of nitro groups is 1. The van der Waals surface area contributed by atoms with Crippen molar-refractivity contribution in [3.63, 3.8) is 0 Å². The Morgan fingerprint density at radius 1 is 1.59 bits per heavy atom. The Morgan fingerprint density at radius 2 is 2.29 bits per heavy atom. The van der Waals surface area contributed by atoms with Crippen molar-refractivity contribution in [3.8, 4) is 0 Å².